The number of aliphatic carboxylic acids is 1. The molecule has 2 aromatic carbocycles. The van der Waals surface area contributed by atoms with E-state index in [0.717, 1.165) is 25.7 Å². The number of carbonyl (C=O) groups is 2. The third-order valence-electron chi connectivity index (χ3n) is 4.17. The maximum Gasteiger partial charge on any atom is 0.305 e. The van der Waals surface area contributed by atoms with Crippen LogP contribution in [0, 0.1) is 13.8 Å². The minimum absolute atomic E-state index is 0.128. The number of esters is 1. The fraction of sp³-hybridized carbons (Fsp3) is 0.391. The maximum atomic E-state index is 10.8. The van der Waals surface area contributed by atoms with Crippen molar-refractivity contribution < 1.29 is 19.4 Å². The Morgan fingerprint density at radius 3 is 1.56 bits per heavy atom. The highest BCUT2D eigenvalue weighted by Crippen LogP contribution is 2.08. The summed E-state index contributed by atoms with van der Waals surface area (Å²) in [5.74, 6) is -0.843. The highest BCUT2D eigenvalue weighted by atomic mass is 16.5. The Bertz CT molecular complexity index is 687. The van der Waals surface area contributed by atoms with Crippen LogP contribution in [0.2, 0.25) is 0 Å². The Labute approximate surface area is 162 Å². The smallest absolute Gasteiger partial charge is 0.305 e. The molecular weight excluding hydrogens is 340 g/mol. The fourth-order valence-electron chi connectivity index (χ4n) is 2.49. The van der Waals surface area contributed by atoms with Gasteiger partial charge in [-0.3, -0.25) is 9.59 Å². The second-order valence-corrected chi connectivity index (χ2v) is 6.65. The number of carboxylic acids is 1. The number of carbonyl (C=O) groups excluding carboxylic acids is 1. The van der Waals surface area contributed by atoms with E-state index in [1.165, 1.54) is 29.4 Å². The van der Waals surface area contributed by atoms with Crippen molar-refractivity contribution in [3.8, 4) is 0 Å². The molecule has 0 aromatic heterocycles. The number of hydrogen-bond donors (Lipinski definition) is 1. The van der Waals surface area contributed by atoms with E-state index in [1.807, 2.05) is 6.92 Å². The van der Waals surface area contributed by atoms with Gasteiger partial charge >= 0.3 is 11.9 Å². The van der Waals surface area contributed by atoms with E-state index < -0.39 is 5.97 Å². The first-order chi connectivity index (χ1) is 12.9. The van der Waals surface area contributed by atoms with Crippen molar-refractivity contribution in [2.75, 3.05) is 7.11 Å². The number of rotatable bonds is 8. The van der Waals surface area contributed by atoms with Crippen LogP contribution in [0.3, 0.4) is 0 Å². The van der Waals surface area contributed by atoms with Crippen molar-refractivity contribution in [2.45, 2.75) is 52.4 Å². The van der Waals surface area contributed by atoms with E-state index in [1.54, 1.807) is 0 Å². The van der Waals surface area contributed by atoms with Gasteiger partial charge in [-0.15, -0.1) is 0 Å². The van der Waals surface area contributed by atoms with Crippen LogP contribution < -0.4 is 0 Å². The van der Waals surface area contributed by atoms with Crippen LogP contribution >= 0.6 is 0 Å². The predicted octanol–water partition coefficient (Wildman–Crippen LogP) is 4.89. The van der Waals surface area contributed by atoms with Gasteiger partial charge in [-0.2, -0.15) is 0 Å². The van der Waals surface area contributed by atoms with Crippen molar-refractivity contribution in [3.05, 3.63) is 70.8 Å². The van der Waals surface area contributed by atoms with Gasteiger partial charge in [-0.25, -0.2) is 0 Å². The van der Waals surface area contributed by atoms with E-state index in [-0.39, 0.29) is 12.4 Å². The second-order valence-electron chi connectivity index (χ2n) is 6.65. The van der Waals surface area contributed by atoms with Crippen molar-refractivity contribution in [1.82, 2.24) is 0 Å². The molecule has 0 aliphatic heterocycles. The predicted molar refractivity (Wildman–Crippen MR) is 108 cm³/mol. The standard InChI is InChI=1S/C12H16O2.C11H14O2/c1-10-6-8-11(9-7-10)4-3-5-12(13)14-2;1-9-5-7-10(8-6-9)3-2-4-11(12)13/h6-9H,3-5H2,1-2H3;5-8H,2-4H2,1H3,(H,12,13). The van der Waals surface area contributed by atoms with E-state index in [4.69, 9.17) is 5.11 Å². The third-order valence-corrected chi connectivity index (χ3v) is 4.17. The van der Waals surface area contributed by atoms with Crippen LogP contribution in [0.5, 0.6) is 0 Å². The summed E-state index contributed by atoms with van der Waals surface area (Å²) >= 11 is 0. The average Bonchev–Trinajstić information content (AvgIpc) is 2.65. The lowest BCUT2D eigenvalue weighted by Crippen LogP contribution is -2.00. The molecule has 0 saturated carbocycles. The van der Waals surface area contributed by atoms with Gasteiger partial charge in [0.15, 0.2) is 0 Å². The SMILES string of the molecule is COC(=O)CCCc1ccc(C)cc1.Cc1ccc(CCCC(=O)O)cc1. The van der Waals surface area contributed by atoms with Crippen LogP contribution in [0.25, 0.3) is 0 Å². The third kappa shape index (κ3) is 10.9. The number of hydrogen-bond acceptors (Lipinski definition) is 3. The Hall–Kier alpha value is -2.62. The molecular formula is C23H30O4. The molecule has 0 fully saturated rings. The first-order valence-electron chi connectivity index (χ1n) is 9.30. The van der Waals surface area contributed by atoms with Crippen molar-refractivity contribution in [2.24, 2.45) is 0 Å². The van der Waals surface area contributed by atoms with E-state index in [2.05, 4.69) is 60.2 Å². The molecule has 0 heterocycles. The summed E-state index contributed by atoms with van der Waals surface area (Å²) in [5, 5.41) is 8.44. The zero-order valence-corrected chi connectivity index (χ0v) is 16.5. The van der Waals surface area contributed by atoms with Gasteiger partial charge < -0.3 is 9.84 Å². The summed E-state index contributed by atoms with van der Waals surface area (Å²) in [5.41, 5.74) is 5.00. The first-order valence-corrected chi connectivity index (χ1v) is 9.30. The number of carboxylic acid groups (broad SMARTS) is 1. The first kappa shape index (κ1) is 22.4. The van der Waals surface area contributed by atoms with Gasteiger partial charge in [0.05, 0.1) is 7.11 Å². The van der Waals surface area contributed by atoms with Crippen LogP contribution in [0.4, 0.5) is 0 Å². The summed E-state index contributed by atoms with van der Waals surface area (Å²) in [7, 11) is 1.42. The van der Waals surface area contributed by atoms with Gasteiger partial charge in [-0.05, 0) is 50.7 Å². The highest BCUT2D eigenvalue weighted by Gasteiger charge is 2.00. The molecule has 0 spiro atoms. The number of ether oxygens (including phenoxy) is 1. The Morgan fingerprint density at radius 2 is 1.19 bits per heavy atom. The molecule has 0 aliphatic rings. The number of benzene rings is 2. The molecule has 4 heteroatoms. The Balaban J connectivity index is 0.000000271. The van der Waals surface area contributed by atoms with Gasteiger partial charge in [0.2, 0.25) is 0 Å². The van der Waals surface area contributed by atoms with Gasteiger partial charge in [0, 0.05) is 12.8 Å². The topological polar surface area (TPSA) is 63.6 Å². The molecule has 0 unspecified atom stereocenters. The molecule has 0 radical (unpaired) electrons. The summed E-state index contributed by atoms with van der Waals surface area (Å²) in [4.78, 5) is 21.1. The maximum absolute atomic E-state index is 10.8. The molecule has 0 bridgehead atoms. The molecule has 27 heavy (non-hydrogen) atoms. The van der Waals surface area contributed by atoms with Crippen molar-refractivity contribution in [3.63, 3.8) is 0 Å². The van der Waals surface area contributed by atoms with Gasteiger partial charge in [0.25, 0.3) is 0 Å². The number of aryl methyl sites for hydroxylation is 4. The molecule has 2 aromatic rings. The lowest BCUT2D eigenvalue weighted by Gasteiger charge is -2.01. The minimum Gasteiger partial charge on any atom is -0.481 e. The molecule has 0 saturated heterocycles. The van der Waals surface area contributed by atoms with Crippen LogP contribution in [-0.4, -0.2) is 24.2 Å². The molecule has 0 atom stereocenters. The number of methoxy groups -OCH3 is 1. The molecule has 0 amide bonds. The van der Waals surface area contributed by atoms with Crippen molar-refractivity contribution >= 4 is 11.9 Å². The summed E-state index contributed by atoms with van der Waals surface area (Å²) in [6.07, 6.45) is 4.13. The summed E-state index contributed by atoms with van der Waals surface area (Å²) < 4.78 is 4.57. The normalized spacial score (nSPS) is 9.89. The lowest BCUT2D eigenvalue weighted by atomic mass is 10.1. The zero-order valence-electron chi connectivity index (χ0n) is 16.5. The molecule has 4 nitrogen and oxygen atoms in total. The Kier molecular flexibility index (Phi) is 10.5. The molecule has 146 valence electrons. The fourth-order valence-corrected chi connectivity index (χ4v) is 2.49. The summed E-state index contributed by atoms with van der Waals surface area (Å²) in [6, 6.07) is 16.6. The molecule has 0 aliphatic carbocycles. The molecule has 1 N–H and O–H groups in total. The second kappa shape index (κ2) is 12.7. The summed E-state index contributed by atoms with van der Waals surface area (Å²) in [6.45, 7) is 4.11. The van der Waals surface area contributed by atoms with E-state index in [0.29, 0.717) is 6.42 Å². The monoisotopic (exact) mass is 370 g/mol. The quantitative estimate of drug-likeness (QED) is 0.672. The average molecular weight is 370 g/mol. The van der Waals surface area contributed by atoms with Gasteiger partial charge in [0.1, 0.15) is 0 Å². The van der Waals surface area contributed by atoms with Gasteiger partial charge in [-0.1, -0.05) is 59.7 Å². The lowest BCUT2D eigenvalue weighted by molar-refractivity contribution is -0.140. The van der Waals surface area contributed by atoms with Crippen LogP contribution in [0.1, 0.15) is 47.9 Å². The minimum atomic E-state index is -0.716. The van der Waals surface area contributed by atoms with E-state index >= 15 is 0 Å². The van der Waals surface area contributed by atoms with Crippen LogP contribution in [-0.2, 0) is 27.2 Å². The van der Waals surface area contributed by atoms with E-state index in [9.17, 15) is 9.59 Å². The highest BCUT2D eigenvalue weighted by molar-refractivity contribution is 5.69. The van der Waals surface area contributed by atoms with Crippen LogP contribution in [0.15, 0.2) is 48.5 Å². The Morgan fingerprint density at radius 1 is 0.778 bits per heavy atom. The molecule has 2 rings (SSSR count). The zero-order chi connectivity index (χ0) is 20.1. The largest absolute Gasteiger partial charge is 0.481 e. The van der Waals surface area contributed by atoms with Crippen molar-refractivity contribution in [1.29, 1.82) is 0 Å².